The third kappa shape index (κ3) is 1.33. The van der Waals surface area contributed by atoms with Crippen LogP contribution in [-0.4, -0.2) is 0 Å². The van der Waals surface area contributed by atoms with Crippen molar-refractivity contribution >= 4 is 0 Å². The lowest BCUT2D eigenvalue weighted by Gasteiger charge is -2.33. The minimum atomic E-state index is -0.124. The summed E-state index contributed by atoms with van der Waals surface area (Å²) in [5.74, 6) is 0.486. The van der Waals surface area contributed by atoms with Gasteiger partial charge in [-0.25, -0.2) is 0 Å². The van der Waals surface area contributed by atoms with E-state index in [1.807, 2.05) is 12.3 Å². The smallest absolute Gasteiger partial charge is 0.139 e. The van der Waals surface area contributed by atoms with Crippen LogP contribution >= 0.6 is 0 Å². The Balaban J connectivity index is 2.38. The molecule has 1 aromatic carbocycles. The third-order valence-electron chi connectivity index (χ3n) is 2.99. The van der Waals surface area contributed by atoms with Crippen LogP contribution in [0.25, 0.3) is 0 Å². The van der Waals surface area contributed by atoms with Crippen LogP contribution in [0.15, 0.2) is 42.7 Å². The van der Waals surface area contributed by atoms with Gasteiger partial charge in [-0.2, -0.15) is 0 Å². The number of hydrogen-bond donors (Lipinski definition) is 0. The molecule has 14 heavy (non-hydrogen) atoms. The Labute approximate surface area is 85.4 Å². The second kappa shape index (κ2) is 3.49. The minimum Gasteiger partial charge on any atom is -0.490 e. The van der Waals surface area contributed by atoms with Gasteiger partial charge in [-0.3, -0.25) is 0 Å². The molecule has 2 rings (SSSR count). The molecule has 0 aromatic heterocycles. The molecule has 1 heterocycles. The van der Waals surface area contributed by atoms with Crippen LogP contribution < -0.4 is 0 Å². The van der Waals surface area contributed by atoms with Crippen LogP contribution in [0.2, 0.25) is 0 Å². The molecule has 0 amide bonds. The monoisotopic (exact) mass is 188 g/mol. The standard InChI is InChI=1S/C13H16O/c1-11(2)13(9-6-10-14-13)12-7-4-3-5-8-12/h3-8,10-11H,9H2,1-2H3. The first-order chi connectivity index (χ1) is 6.76. The van der Waals surface area contributed by atoms with Crippen molar-refractivity contribution in [1.82, 2.24) is 0 Å². The molecule has 0 saturated heterocycles. The Kier molecular flexibility index (Phi) is 2.32. The number of benzene rings is 1. The molecule has 1 aliphatic rings. The van der Waals surface area contributed by atoms with Gasteiger partial charge in [-0.1, -0.05) is 44.2 Å². The second-order valence-corrected chi connectivity index (χ2v) is 4.10. The van der Waals surface area contributed by atoms with E-state index in [-0.39, 0.29) is 5.60 Å². The van der Waals surface area contributed by atoms with E-state index in [2.05, 4.69) is 44.2 Å². The lowest BCUT2D eigenvalue weighted by molar-refractivity contribution is -0.00388. The first kappa shape index (κ1) is 9.32. The minimum absolute atomic E-state index is 0.124. The summed E-state index contributed by atoms with van der Waals surface area (Å²) in [6.07, 6.45) is 4.91. The van der Waals surface area contributed by atoms with Crippen molar-refractivity contribution in [1.29, 1.82) is 0 Å². The fraction of sp³-hybridized carbons (Fsp3) is 0.385. The molecular formula is C13H16O. The lowest BCUT2D eigenvalue weighted by atomic mass is 9.81. The van der Waals surface area contributed by atoms with Gasteiger partial charge in [0.25, 0.3) is 0 Å². The highest BCUT2D eigenvalue weighted by molar-refractivity contribution is 5.26. The third-order valence-corrected chi connectivity index (χ3v) is 2.99. The van der Waals surface area contributed by atoms with E-state index in [0.717, 1.165) is 6.42 Å². The number of ether oxygens (including phenoxy) is 1. The summed E-state index contributed by atoms with van der Waals surface area (Å²) in [5, 5.41) is 0. The summed E-state index contributed by atoms with van der Waals surface area (Å²) < 4.78 is 5.81. The maximum Gasteiger partial charge on any atom is 0.139 e. The van der Waals surface area contributed by atoms with Crippen molar-refractivity contribution in [3.63, 3.8) is 0 Å². The predicted molar refractivity (Wildman–Crippen MR) is 57.8 cm³/mol. The van der Waals surface area contributed by atoms with Gasteiger partial charge in [-0.15, -0.1) is 0 Å². The molecule has 74 valence electrons. The van der Waals surface area contributed by atoms with Crippen LogP contribution in [0.5, 0.6) is 0 Å². The molecule has 1 aliphatic heterocycles. The molecule has 1 aromatic rings. The number of hydrogen-bond acceptors (Lipinski definition) is 1. The Hall–Kier alpha value is -1.24. The van der Waals surface area contributed by atoms with E-state index in [1.54, 1.807) is 0 Å². The van der Waals surface area contributed by atoms with Crippen LogP contribution in [0.1, 0.15) is 25.8 Å². The van der Waals surface area contributed by atoms with Gasteiger partial charge in [0.1, 0.15) is 5.60 Å². The molecule has 0 fully saturated rings. The summed E-state index contributed by atoms with van der Waals surface area (Å²) in [6.45, 7) is 4.42. The highest BCUT2D eigenvalue weighted by atomic mass is 16.5. The Morgan fingerprint density at radius 3 is 2.43 bits per heavy atom. The Morgan fingerprint density at radius 2 is 1.93 bits per heavy atom. The highest BCUT2D eigenvalue weighted by Gasteiger charge is 2.38. The molecule has 0 N–H and O–H groups in total. The number of rotatable bonds is 2. The second-order valence-electron chi connectivity index (χ2n) is 4.10. The van der Waals surface area contributed by atoms with Crippen LogP contribution in [-0.2, 0) is 10.3 Å². The van der Waals surface area contributed by atoms with Crippen LogP contribution in [0, 0.1) is 5.92 Å². The van der Waals surface area contributed by atoms with Crippen molar-refractivity contribution in [3.8, 4) is 0 Å². The topological polar surface area (TPSA) is 9.23 Å². The summed E-state index contributed by atoms with van der Waals surface area (Å²) in [4.78, 5) is 0. The summed E-state index contributed by atoms with van der Waals surface area (Å²) in [7, 11) is 0. The van der Waals surface area contributed by atoms with Crippen molar-refractivity contribution in [2.45, 2.75) is 25.9 Å². The summed E-state index contributed by atoms with van der Waals surface area (Å²) >= 11 is 0. The van der Waals surface area contributed by atoms with Gasteiger partial charge in [-0.05, 0) is 17.6 Å². The van der Waals surface area contributed by atoms with E-state index >= 15 is 0 Å². The predicted octanol–water partition coefficient (Wildman–Crippen LogP) is 3.47. The fourth-order valence-electron chi connectivity index (χ4n) is 2.05. The van der Waals surface area contributed by atoms with E-state index in [4.69, 9.17) is 4.74 Å². The van der Waals surface area contributed by atoms with Gasteiger partial charge in [0.05, 0.1) is 6.26 Å². The van der Waals surface area contributed by atoms with Gasteiger partial charge < -0.3 is 4.74 Å². The molecule has 0 aliphatic carbocycles. The maximum absolute atomic E-state index is 5.81. The normalized spacial score (nSPS) is 25.4. The average Bonchev–Trinajstić information content (AvgIpc) is 2.69. The lowest BCUT2D eigenvalue weighted by Crippen LogP contribution is -2.31. The van der Waals surface area contributed by atoms with Gasteiger partial charge in [0.2, 0.25) is 0 Å². The van der Waals surface area contributed by atoms with Crippen LogP contribution in [0.4, 0.5) is 0 Å². The molecule has 1 heteroatoms. The Morgan fingerprint density at radius 1 is 1.21 bits per heavy atom. The zero-order chi connectivity index (χ0) is 10.0. The largest absolute Gasteiger partial charge is 0.490 e. The molecule has 0 saturated carbocycles. The van der Waals surface area contributed by atoms with Gasteiger partial charge in [0, 0.05) is 6.42 Å². The zero-order valence-electron chi connectivity index (χ0n) is 8.73. The fourth-order valence-corrected chi connectivity index (χ4v) is 2.05. The zero-order valence-corrected chi connectivity index (χ0v) is 8.73. The highest BCUT2D eigenvalue weighted by Crippen LogP contribution is 2.40. The first-order valence-electron chi connectivity index (χ1n) is 5.14. The molecule has 0 bridgehead atoms. The van der Waals surface area contributed by atoms with E-state index in [0.29, 0.717) is 5.92 Å². The summed E-state index contributed by atoms with van der Waals surface area (Å²) in [6, 6.07) is 10.5. The van der Waals surface area contributed by atoms with Crippen molar-refractivity contribution in [2.24, 2.45) is 5.92 Å². The SMILES string of the molecule is CC(C)C1(c2ccccc2)CC=CO1. The molecule has 1 unspecified atom stereocenters. The van der Waals surface area contributed by atoms with Crippen molar-refractivity contribution < 1.29 is 4.74 Å². The molecule has 0 radical (unpaired) electrons. The van der Waals surface area contributed by atoms with Crippen molar-refractivity contribution in [2.75, 3.05) is 0 Å². The maximum atomic E-state index is 5.81. The summed E-state index contributed by atoms with van der Waals surface area (Å²) in [5.41, 5.74) is 1.15. The average molecular weight is 188 g/mol. The van der Waals surface area contributed by atoms with Gasteiger partial charge in [0.15, 0.2) is 0 Å². The Bertz CT molecular complexity index is 316. The molecular weight excluding hydrogens is 172 g/mol. The molecule has 1 atom stereocenters. The first-order valence-corrected chi connectivity index (χ1v) is 5.14. The molecule has 1 nitrogen and oxygen atoms in total. The quantitative estimate of drug-likeness (QED) is 0.690. The van der Waals surface area contributed by atoms with Gasteiger partial charge >= 0.3 is 0 Å². The van der Waals surface area contributed by atoms with E-state index in [1.165, 1.54) is 5.56 Å². The van der Waals surface area contributed by atoms with Crippen LogP contribution in [0.3, 0.4) is 0 Å². The molecule has 0 spiro atoms. The van der Waals surface area contributed by atoms with E-state index in [9.17, 15) is 0 Å². The van der Waals surface area contributed by atoms with Crippen molar-refractivity contribution in [3.05, 3.63) is 48.2 Å². The van der Waals surface area contributed by atoms with E-state index < -0.39 is 0 Å².